The predicted octanol–water partition coefficient (Wildman–Crippen LogP) is -0.785. The quantitative estimate of drug-likeness (QED) is 0.440. The second kappa shape index (κ2) is 11.8. The molecule has 30 heavy (non-hydrogen) atoms. The van der Waals surface area contributed by atoms with Crippen molar-refractivity contribution in [2.75, 3.05) is 0 Å². The Morgan fingerprint density at radius 1 is 0.900 bits per heavy atom. The molecule has 1 fully saturated rings. The van der Waals surface area contributed by atoms with Crippen LogP contribution in [0.3, 0.4) is 0 Å². The fourth-order valence-corrected chi connectivity index (χ4v) is 6.56. The van der Waals surface area contributed by atoms with E-state index >= 15 is 0 Å². The van der Waals surface area contributed by atoms with Gasteiger partial charge in [0.2, 0.25) is 0 Å². The Balaban J connectivity index is 0.000000274. The van der Waals surface area contributed by atoms with E-state index in [0.717, 1.165) is 5.66 Å². The van der Waals surface area contributed by atoms with Gasteiger partial charge in [0.15, 0.2) is 6.10 Å². The lowest BCUT2D eigenvalue weighted by molar-refractivity contribution is -0.423. The van der Waals surface area contributed by atoms with Crippen LogP contribution in [-0.4, -0.2) is 51.2 Å². The minimum absolute atomic E-state index is 0.271. The molecule has 7 nitrogen and oxygen atoms in total. The minimum Gasteiger partial charge on any atom is -0.547 e. The van der Waals surface area contributed by atoms with Gasteiger partial charge in [0.1, 0.15) is 6.10 Å². The summed E-state index contributed by atoms with van der Waals surface area (Å²) in [4.78, 5) is 19.4. The lowest BCUT2D eigenvalue weighted by atomic mass is 9.96. The molecule has 2 aromatic rings. The van der Waals surface area contributed by atoms with Gasteiger partial charge in [-0.3, -0.25) is 0 Å². The van der Waals surface area contributed by atoms with Gasteiger partial charge in [-0.2, -0.15) is 0 Å². The Bertz CT molecular complexity index is 746. The van der Waals surface area contributed by atoms with Crippen LogP contribution in [0.15, 0.2) is 60.7 Å². The summed E-state index contributed by atoms with van der Waals surface area (Å²) in [6.45, 7) is 0. The third-order valence-electron chi connectivity index (χ3n) is 5.06. The van der Waals surface area contributed by atoms with E-state index in [4.69, 9.17) is 15.3 Å². The maximum absolute atomic E-state index is 9.74. The highest BCUT2D eigenvalue weighted by atomic mass is 31.1. The van der Waals surface area contributed by atoms with Crippen LogP contribution in [0.1, 0.15) is 25.7 Å². The highest BCUT2D eigenvalue weighted by Crippen LogP contribution is 2.45. The molecule has 3 rings (SSSR count). The molecule has 0 spiro atoms. The number of carbonyl (C=O) groups excluding carboxylic acids is 1. The van der Waals surface area contributed by atoms with Gasteiger partial charge in [0.05, 0.1) is 12.0 Å². The van der Waals surface area contributed by atoms with Crippen molar-refractivity contribution in [3.8, 4) is 0 Å². The van der Waals surface area contributed by atoms with Crippen molar-refractivity contribution < 1.29 is 35.7 Å². The van der Waals surface area contributed by atoms with Crippen LogP contribution in [0.25, 0.3) is 0 Å². The van der Waals surface area contributed by atoms with Crippen molar-refractivity contribution in [3.63, 3.8) is 0 Å². The zero-order chi connectivity index (χ0) is 22.1. The standard InChI is InChI=1S/C18H22NP.C4H6O6/c19-17-13-7-8-14-18(17)20(15-9-3-1-4-10-15)16-11-5-2-6-12-16;5-1(3(7)8)2(6)4(9)10/h1-6,9-12,17-18H,7-8,13-14,19H2;1-2,5-6H,(H,7,8)(H,9,10)/t17-,18-;1-,2-/m10/s1. The molecule has 4 atom stereocenters. The summed E-state index contributed by atoms with van der Waals surface area (Å²) in [7, 11) is -0.271. The number of rotatable bonds is 6. The Labute approximate surface area is 176 Å². The number of carbonyl (C=O) groups is 2. The molecule has 0 saturated heterocycles. The molecule has 162 valence electrons. The van der Waals surface area contributed by atoms with Crippen LogP contribution >= 0.6 is 7.92 Å². The Morgan fingerprint density at radius 3 is 1.73 bits per heavy atom. The normalized spacial score (nSPS) is 20.5. The summed E-state index contributed by atoms with van der Waals surface area (Å²) < 4.78 is 0. The summed E-state index contributed by atoms with van der Waals surface area (Å²) in [5, 5.41) is 37.1. The molecule has 0 unspecified atom stereocenters. The zero-order valence-electron chi connectivity index (χ0n) is 16.6. The summed E-state index contributed by atoms with van der Waals surface area (Å²) in [5.41, 5.74) is 5.21. The number of aliphatic hydroxyl groups is 2. The van der Waals surface area contributed by atoms with E-state index in [1.165, 1.54) is 36.3 Å². The van der Waals surface area contributed by atoms with Crippen molar-refractivity contribution in [3.05, 3.63) is 60.7 Å². The van der Waals surface area contributed by atoms with E-state index < -0.39 is 24.1 Å². The van der Waals surface area contributed by atoms with Gasteiger partial charge in [-0.25, -0.2) is 4.79 Å². The van der Waals surface area contributed by atoms with Crippen molar-refractivity contribution in [1.82, 2.24) is 0 Å². The average molecular weight is 433 g/mol. The van der Waals surface area contributed by atoms with Crippen LogP contribution < -0.4 is 21.4 Å². The average Bonchev–Trinajstić information content (AvgIpc) is 2.76. The third-order valence-corrected chi connectivity index (χ3v) is 8.12. The van der Waals surface area contributed by atoms with Gasteiger partial charge in [-0.1, -0.05) is 67.1 Å². The lowest BCUT2D eigenvalue weighted by Gasteiger charge is -2.34. The maximum Gasteiger partial charge on any atom is 0.335 e. The van der Waals surface area contributed by atoms with Gasteiger partial charge >= 0.3 is 5.97 Å². The summed E-state index contributed by atoms with van der Waals surface area (Å²) in [5.74, 6) is -3.83. The molecule has 0 aromatic heterocycles. The van der Waals surface area contributed by atoms with E-state index in [2.05, 4.69) is 66.4 Å². The van der Waals surface area contributed by atoms with E-state index in [0.29, 0.717) is 6.04 Å². The summed E-state index contributed by atoms with van der Waals surface area (Å²) in [6.07, 6.45) is 0.655. The first-order valence-electron chi connectivity index (χ1n) is 9.85. The first kappa shape index (κ1) is 24.0. The molecule has 1 saturated carbocycles. The fraction of sp³-hybridized carbons (Fsp3) is 0.364. The Hall–Kier alpha value is -2.31. The smallest absolute Gasteiger partial charge is 0.335 e. The second-order valence-corrected chi connectivity index (χ2v) is 9.64. The van der Waals surface area contributed by atoms with Crippen molar-refractivity contribution in [2.45, 2.75) is 49.6 Å². The van der Waals surface area contributed by atoms with Gasteiger partial charge in [0, 0.05) is 5.66 Å². The summed E-state index contributed by atoms with van der Waals surface area (Å²) >= 11 is 0. The van der Waals surface area contributed by atoms with Gasteiger partial charge in [-0.05, 0) is 37.8 Å². The van der Waals surface area contributed by atoms with Crippen LogP contribution in [0.4, 0.5) is 0 Å². The van der Waals surface area contributed by atoms with Crippen LogP contribution in [0.2, 0.25) is 0 Å². The number of benzene rings is 2. The largest absolute Gasteiger partial charge is 0.547 e. The van der Waals surface area contributed by atoms with E-state index in [9.17, 15) is 14.7 Å². The topological polar surface area (TPSA) is 146 Å². The first-order valence-corrected chi connectivity index (χ1v) is 11.3. The molecule has 1 aliphatic carbocycles. The van der Waals surface area contributed by atoms with Crippen molar-refractivity contribution in [2.24, 2.45) is 0 Å². The van der Waals surface area contributed by atoms with Gasteiger partial charge in [0.25, 0.3) is 0 Å². The van der Waals surface area contributed by atoms with Gasteiger partial charge in [-0.15, -0.1) is 0 Å². The highest BCUT2D eigenvalue weighted by molar-refractivity contribution is 7.73. The molecule has 8 heteroatoms. The zero-order valence-corrected chi connectivity index (χ0v) is 17.5. The van der Waals surface area contributed by atoms with E-state index in [-0.39, 0.29) is 7.92 Å². The third kappa shape index (κ3) is 6.61. The molecular formula is C22H28NO6P. The number of hydrogen-bond donors (Lipinski definition) is 4. The monoisotopic (exact) mass is 433 g/mol. The number of carboxylic acid groups (broad SMARTS) is 2. The predicted molar refractivity (Wildman–Crippen MR) is 113 cm³/mol. The first-order chi connectivity index (χ1) is 14.3. The molecule has 0 aliphatic heterocycles. The molecule has 0 heterocycles. The summed E-state index contributed by atoms with van der Waals surface area (Å²) in [6, 6.07) is 22.8. The van der Waals surface area contributed by atoms with Crippen molar-refractivity contribution in [1.29, 1.82) is 0 Å². The van der Waals surface area contributed by atoms with Crippen LogP contribution in [0.5, 0.6) is 0 Å². The highest BCUT2D eigenvalue weighted by Gasteiger charge is 2.33. The van der Waals surface area contributed by atoms with Crippen LogP contribution in [0, 0.1) is 0 Å². The Kier molecular flexibility index (Phi) is 9.40. The number of aliphatic hydroxyl groups excluding tert-OH is 2. The molecule has 6 N–H and O–H groups in total. The molecule has 0 amide bonds. The number of aliphatic carboxylic acids is 2. The molecule has 1 aliphatic rings. The molecule has 2 aromatic carbocycles. The number of carboxylic acids is 2. The Morgan fingerprint density at radius 2 is 1.37 bits per heavy atom. The SMILES string of the molecule is O=C([O-])[C@@H](O)[C@H](O)C(=O)O.[NH3+][C@@H]1CCCC[C@H]1P(c1ccccc1)c1ccccc1. The fourth-order valence-electron chi connectivity index (χ4n) is 3.50. The number of hydrogen-bond acceptors (Lipinski definition) is 5. The molecule has 0 radical (unpaired) electrons. The van der Waals surface area contributed by atoms with Crippen molar-refractivity contribution >= 4 is 30.5 Å². The second-order valence-electron chi connectivity index (χ2n) is 7.20. The number of quaternary nitrogens is 1. The van der Waals surface area contributed by atoms with Crippen LogP contribution in [-0.2, 0) is 9.59 Å². The maximum atomic E-state index is 9.74. The molecule has 0 bridgehead atoms. The van der Waals surface area contributed by atoms with Gasteiger partial charge < -0.3 is 31.0 Å². The van der Waals surface area contributed by atoms with E-state index in [1.54, 1.807) is 0 Å². The molecular weight excluding hydrogens is 405 g/mol. The lowest BCUT2D eigenvalue weighted by Crippen LogP contribution is -2.67. The van der Waals surface area contributed by atoms with E-state index in [1.807, 2.05) is 0 Å². The minimum atomic E-state index is -2.38.